The molecule has 0 radical (unpaired) electrons. The monoisotopic (exact) mass is 390 g/mol. The first-order chi connectivity index (χ1) is 14.2. The van der Waals surface area contributed by atoms with Gasteiger partial charge in [0.15, 0.2) is 0 Å². The van der Waals surface area contributed by atoms with Gasteiger partial charge in [-0.15, -0.1) is 0 Å². The quantitative estimate of drug-likeness (QED) is 0.680. The van der Waals surface area contributed by atoms with Gasteiger partial charge < -0.3 is 14.7 Å². The summed E-state index contributed by atoms with van der Waals surface area (Å²) >= 11 is 0. The number of hydrogen-bond acceptors (Lipinski definition) is 3. The first kappa shape index (κ1) is 19.4. The zero-order valence-electron chi connectivity index (χ0n) is 16.9. The minimum absolute atomic E-state index is 0.163. The molecule has 150 valence electrons. The highest BCUT2D eigenvalue weighted by Gasteiger charge is 2.21. The number of nitrogens with zero attached hydrogens (tertiary/aromatic N) is 1. The Labute approximate surface area is 171 Å². The second-order valence-electron chi connectivity index (χ2n) is 7.82. The van der Waals surface area contributed by atoms with Gasteiger partial charge in [-0.2, -0.15) is 0 Å². The third-order valence-corrected chi connectivity index (χ3v) is 5.63. The maximum atomic E-state index is 12.8. The summed E-state index contributed by atoms with van der Waals surface area (Å²) in [7, 11) is 0. The van der Waals surface area contributed by atoms with E-state index in [4.69, 9.17) is 4.52 Å². The Hall–Kier alpha value is -2.92. The van der Waals surface area contributed by atoms with E-state index in [0.717, 1.165) is 17.7 Å². The van der Waals surface area contributed by atoms with Crippen LogP contribution in [-0.2, 0) is 13.1 Å². The molecule has 5 nitrogen and oxygen atoms in total. The number of carbonyl (C=O) groups is 1. The van der Waals surface area contributed by atoms with Crippen LogP contribution in [0.25, 0.3) is 11.3 Å². The predicted octanol–water partition coefficient (Wildman–Crippen LogP) is 3.15. The molecule has 1 saturated heterocycles. The third-order valence-electron chi connectivity index (χ3n) is 5.63. The Balaban J connectivity index is 1.38. The number of likely N-dealkylation sites (tertiary alicyclic amines) is 1. The van der Waals surface area contributed by atoms with Crippen molar-refractivity contribution < 1.29 is 14.2 Å². The molecule has 5 heteroatoms. The molecular formula is C24H28N3O2+. The van der Waals surface area contributed by atoms with Crippen LogP contribution in [0.5, 0.6) is 0 Å². The van der Waals surface area contributed by atoms with Gasteiger partial charge in [0.2, 0.25) is 0 Å². The highest BCUT2D eigenvalue weighted by Crippen LogP contribution is 2.25. The SMILES string of the molecule is Cc1onc(-c2ccccc2)c1C(=O)NCc1ccc(C[NH+]2CCCCC2)cc1. The largest absolute Gasteiger partial charge is 0.360 e. The fourth-order valence-corrected chi connectivity index (χ4v) is 4.00. The van der Waals surface area contributed by atoms with Gasteiger partial charge in [-0.05, 0) is 31.7 Å². The summed E-state index contributed by atoms with van der Waals surface area (Å²) in [4.78, 5) is 14.5. The van der Waals surface area contributed by atoms with Crippen LogP contribution < -0.4 is 10.2 Å². The summed E-state index contributed by atoms with van der Waals surface area (Å²) in [6, 6.07) is 18.2. The molecule has 0 saturated carbocycles. The van der Waals surface area contributed by atoms with Gasteiger partial charge in [-0.1, -0.05) is 59.8 Å². The van der Waals surface area contributed by atoms with Crippen LogP contribution in [0.3, 0.4) is 0 Å². The molecule has 4 rings (SSSR count). The summed E-state index contributed by atoms with van der Waals surface area (Å²) in [5.41, 5.74) is 4.41. The van der Waals surface area contributed by atoms with Crippen molar-refractivity contribution in [2.75, 3.05) is 13.1 Å². The van der Waals surface area contributed by atoms with E-state index in [1.807, 2.05) is 30.3 Å². The highest BCUT2D eigenvalue weighted by atomic mass is 16.5. The molecule has 2 N–H and O–H groups in total. The van der Waals surface area contributed by atoms with Crippen molar-refractivity contribution in [1.82, 2.24) is 10.5 Å². The highest BCUT2D eigenvalue weighted by molar-refractivity contribution is 6.00. The first-order valence-corrected chi connectivity index (χ1v) is 10.4. The molecule has 1 fully saturated rings. The molecule has 0 aliphatic carbocycles. The van der Waals surface area contributed by atoms with Crippen molar-refractivity contribution in [3.05, 3.63) is 77.0 Å². The first-order valence-electron chi connectivity index (χ1n) is 10.4. The van der Waals surface area contributed by atoms with E-state index >= 15 is 0 Å². The van der Waals surface area contributed by atoms with E-state index in [1.165, 1.54) is 37.9 Å². The van der Waals surface area contributed by atoms with Crippen molar-refractivity contribution in [3.8, 4) is 11.3 Å². The fraction of sp³-hybridized carbons (Fsp3) is 0.333. The molecule has 0 bridgehead atoms. The summed E-state index contributed by atoms with van der Waals surface area (Å²) in [5.74, 6) is 0.366. The smallest absolute Gasteiger partial charge is 0.257 e. The lowest BCUT2D eigenvalue weighted by atomic mass is 10.1. The van der Waals surface area contributed by atoms with Crippen LogP contribution in [0.15, 0.2) is 59.1 Å². The number of nitrogens with one attached hydrogen (secondary N) is 2. The van der Waals surface area contributed by atoms with E-state index in [0.29, 0.717) is 23.6 Å². The molecule has 3 aromatic rings. The van der Waals surface area contributed by atoms with Gasteiger partial charge in [0, 0.05) is 17.7 Å². The van der Waals surface area contributed by atoms with Gasteiger partial charge in [0.05, 0.1) is 13.1 Å². The minimum Gasteiger partial charge on any atom is -0.360 e. The van der Waals surface area contributed by atoms with Crippen molar-refractivity contribution in [2.24, 2.45) is 0 Å². The molecule has 0 spiro atoms. The lowest BCUT2D eigenvalue weighted by Gasteiger charge is -2.23. The Bertz CT molecular complexity index is 942. The Morgan fingerprint density at radius 1 is 1.00 bits per heavy atom. The van der Waals surface area contributed by atoms with Crippen molar-refractivity contribution in [3.63, 3.8) is 0 Å². The van der Waals surface area contributed by atoms with Crippen LogP contribution in [0, 0.1) is 6.92 Å². The second-order valence-corrected chi connectivity index (χ2v) is 7.82. The second kappa shape index (κ2) is 9.05. The van der Waals surface area contributed by atoms with Gasteiger partial charge in [-0.25, -0.2) is 0 Å². The topological polar surface area (TPSA) is 59.6 Å². The molecular weight excluding hydrogens is 362 g/mol. The van der Waals surface area contributed by atoms with Crippen LogP contribution >= 0.6 is 0 Å². The Kier molecular flexibility index (Phi) is 6.06. The zero-order chi connectivity index (χ0) is 20.1. The predicted molar refractivity (Wildman–Crippen MR) is 113 cm³/mol. The van der Waals surface area contributed by atoms with E-state index in [1.54, 1.807) is 11.8 Å². The number of carbonyl (C=O) groups excluding carboxylic acids is 1. The van der Waals surface area contributed by atoms with Crippen LogP contribution in [0.1, 0.15) is 46.5 Å². The normalized spacial score (nSPS) is 14.7. The van der Waals surface area contributed by atoms with Crippen LogP contribution in [-0.4, -0.2) is 24.2 Å². The number of quaternary nitrogens is 1. The molecule has 2 aromatic carbocycles. The zero-order valence-corrected chi connectivity index (χ0v) is 16.9. The maximum Gasteiger partial charge on any atom is 0.257 e. The average Bonchev–Trinajstić information content (AvgIpc) is 3.16. The average molecular weight is 391 g/mol. The summed E-state index contributed by atoms with van der Waals surface area (Å²) in [6.45, 7) is 5.90. The van der Waals surface area contributed by atoms with Gasteiger partial charge in [-0.3, -0.25) is 4.79 Å². The number of aromatic nitrogens is 1. The molecule has 2 heterocycles. The lowest BCUT2D eigenvalue weighted by molar-refractivity contribution is -0.918. The van der Waals surface area contributed by atoms with Crippen molar-refractivity contribution in [2.45, 2.75) is 39.3 Å². The summed E-state index contributed by atoms with van der Waals surface area (Å²) in [5, 5.41) is 7.10. The van der Waals surface area contributed by atoms with E-state index in [2.05, 4.69) is 34.7 Å². The standard InChI is InChI=1S/C24H27N3O2/c1-18-22(23(26-29-18)21-8-4-2-5-9-21)24(28)25-16-19-10-12-20(13-11-19)17-27-14-6-3-7-15-27/h2,4-5,8-13H,3,6-7,14-17H2,1H3,(H,25,28)/p+1. The number of rotatable bonds is 6. The van der Waals surface area contributed by atoms with Crippen LogP contribution in [0.2, 0.25) is 0 Å². The van der Waals surface area contributed by atoms with E-state index < -0.39 is 0 Å². The third kappa shape index (κ3) is 4.74. The molecule has 29 heavy (non-hydrogen) atoms. The fourth-order valence-electron chi connectivity index (χ4n) is 4.00. The summed E-state index contributed by atoms with van der Waals surface area (Å²) in [6.07, 6.45) is 4.05. The summed E-state index contributed by atoms with van der Waals surface area (Å²) < 4.78 is 5.30. The van der Waals surface area contributed by atoms with Crippen LogP contribution in [0.4, 0.5) is 0 Å². The van der Waals surface area contributed by atoms with E-state index in [9.17, 15) is 4.79 Å². The Morgan fingerprint density at radius 3 is 2.41 bits per heavy atom. The lowest BCUT2D eigenvalue weighted by Crippen LogP contribution is -3.11. The molecule has 0 unspecified atom stereocenters. The van der Waals surface area contributed by atoms with Crippen molar-refractivity contribution in [1.29, 1.82) is 0 Å². The minimum atomic E-state index is -0.163. The van der Waals surface area contributed by atoms with E-state index in [-0.39, 0.29) is 5.91 Å². The van der Waals surface area contributed by atoms with Gasteiger partial charge in [0.1, 0.15) is 23.6 Å². The van der Waals surface area contributed by atoms with Gasteiger partial charge in [0.25, 0.3) is 5.91 Å². The number of aryl methyl sites for hydroxylation is 1. The molecule has 1 aliphatic rings. The molecule has 0 atom stereocenters. The Morgan fingerprint density at radius 2 is 1.69 bits per heavy atom. The number of benzene rings is 2. The maximum absolute atomic E-state index is 12.8. The van der Waals surface area contributed by atoms with Crippen molar-refractivity contribution >= 4 is 5.91 Å². The number of hydrogen-bond donors (Lipinski definition) is 2. The number of amides is 1. The molecule has 1 aromatic heterocycles. The molecule has 1 aliphatic heterocycles. The van der Waals surface area contributed by atoms with Gasteiger partial charge >= 0.3 is 0 Å². The number of piperidine rings is 1. The molecule has 1 amide bonds.